The zero-order valence-electron chi connectivity index (χ0n) is 34.1. The molecule has 0 saturated carbocycles. The van der Waals surface area contributed by atoms with E-state index in [-0.39, 0.29) is 24.5 Å². The van der Waals surface area contributed by atoms with Crippen molar-refractivity contribution in [1.82, 2.24) is 4.90 Å². The fourth-order valence-corrected chi connectivity index (χ4v) is 6.91. The molecule has 298 valence electrons. The molecule has 1 unspecified atom stereocenters. The standard InChI is InChI=1S/C44H87NO5/c1-5-8-11-14-15-19-27-34-43(47)49-39-30-23-16-21-28-35-45(37-38-46)36-29-22-20-24-31-41(4)44(48)50-40-42(32-25-17-12-9-6-2)33-26-18-13-10-7-3/h41-42,46H,5-40H2,1-4H3. The minimum absolute atomic E-state index is 0.000837. The summed E-state index contributed by atoms with van der Waals surface area (Å²) in [6, 6.07) is 0. The number of rotatable bonds is 40. The van der Waals surface area contributed by atoms with Crippen molar-refractivity contribution in [3.05, 3.63) is 0 Å². The van der Waals surface area contributed by atoms with Crippen LogP contribution in [0.15, 0.2) is 0 Å². The molecule has 0 heterocycles. The molecular weight excluding hydrogens is 622 g/mol. The van der Waals surface area contributed by atoms with Crippen LogP contribution in [0.5, 0.6) is 0 Å². The van der Waals surface area contributed by atoms with Crippen molar-refractivity contribution in [1.29, 1.82) is 0 Å². The van der Waals surface area contributed by atoms with Gasteiger partial charge in [0.2, 0.25) is 0 Å². The molecule has 0 aliphatic carbocycles. The van der Waals surface area contributed by atoms with Crippen molar-refractivity contribution < 1.29 is 24.2 Å². The van der Waals surface area contributed by atoms with E-state index in [0.717, 1.165) is 77.4 Å². The van der Waals surface area contributed by atoms with Gasteiger partial charge >= 0.3 is 11.9 Å². The number of aliphatic hydroxyl groups is 1. The zero-order chi connectivity index (χ0) is 36.8. The van der Waals surface area contributed by atoms with Crippen LogP contribution in [0.1, 0.15) is 220 Å². The highest BCUT2D eigenvalue weighted by Crippen LogP contribution is 2.21. The molecule has 1 N–H and O–H groups in total. The smallest absolute Gasteiger partial charge is 0.308 e. The molecule has 0 spiro atoms. The summed E-state index contributed by atoms with van der Waals surface area (Å²) in [5, 5.41) is 9.55. The summed E-state index contributed by atoms with van der Waals surface area (Å²) in [4.78, 5) is 27.1. The van der Waals surface area contributed by atoms with Gasteiger partial charge in [-0.3, -0.25) is 9.59 Å². The van der Waals surface area contributed by atoms with Crippen molar-refractivity contribution in [2.75, 3.05) is 39.5 Å². The van der Waals surface area contributed by atoms with Gasteiger partial charge in [-0.1, -0.05) is 169 Å². The first-order valence-electron chi connectivity index (χ1n) is 22.1. The summed E-state index contributed by atoms with van der Waals surface area (Å²) in [7, 11) is 0. The van der Waals surface area contributed by atoms with Crippen LogP contribution in [0.2, 0.25) is 0 Å². The third-order valence-corrected chi connectivity index (χ3v) is 10.4. The monoisotopic (exact) mass is 710 g/mol. The van der Waals surface area contributed by atoms with E-state index in [9.17, 15) is 14.7 Å². The van der Waals surface area contributed by atoms with Crippen LogP contribution < -0.4 is 0 Å². The minimum atomic E-state index is -0.0268. The maximum absolute atomic E-state index is 12.8. The Kier molecular flexibility index (Phi) is 38.2. The van der Waals surface area contributed by atoms with Gasteiger partial charge in [0.25, 0.3) is 0 Å². The number of nitrogens with zero attached hydrogens (tertiary/aromatic N) is 1. The average Bonchev–Trinajstić information content (AvgIpc) is 3.11. The van der Waals surface area contributed by atoms with Crippen LogP contribution in [0.4, 0.5) is 0 Å². The van der Waals surface area contributed by atoms with E-state index in [2.05, 4.69) is 25.7 Å². The number of hydrogen-bond acceptors (Lipinski definition) is 6. The Morgan fingerprint density at radius 1 is 0.520 bits per heavy atom. The number of carbonyl (C=O) groups excluding carboxylic acids is 2. The molecule has 1 atom stereocenters. The fraction of sp³-hybridized carbons (Fsp3) is 0.955. The van der Waals surface area contributed by atoms with Crippen LogP contribution in [0.25, 0.3) is 0 Å². The van der Waals surface area contributed by atoms with Gasteiger partial charge in [0.15, 0.2) is 0 Å². The summed E-state index contributed by atoms with van der Waals surface area (Å²) in [5.74, 6) is 0.483. The summed E-state index contributed by atoms with van der Waals surface area (Å²) in [6.45, 7) is 13.0. The summed E-state index contributed by atoms with van der Waals surface area (Å²) < 4.78 is 11.3. The first-order chi connectivity index (χ1) is 24.5. The van der Waals surface area contributed by atoms with Crippen molar-refractivity contribution in [3.63, 3.8) is 0 Å². The molecular formula is C44H87NO5. The highest BCUT2D eigenvalue weighted by molar-refractivity contribution is 5.71. The average molecular weight is 710 g/mol. The molecule has 0 amide bonds. The van der Waals surface area contributed by atoms with Gasteiger partial charge in [0, 0.05) is 13.0 Å². The Hall–Kier alpha value is -1.14. The summed E-state index contributed by atoms with van der Waals surface area (Å²) >= 11 is 0. The van der Waals surface area contributed by atoms with Gasteiger partial charge in [-0.25, -0.2) is 0 Å². The second-order valence-electron chi connectivity index (χ2n) is 15.4. The zero-order valence-corrected chi connectivity index (χ0v) is 34.1. The van der Waals surface area contributed by atoms with Crippen molar-refractivity contribution >= 4 is 11.9 Å². The fourth-order valence-electron chi connectivity index (χ4n) is 6.91. The number of unbranched alkanes of at least 4 members (excludes halogenated alkanes) is 21. The van der Waals surface area contributed by atoms with Gasteiger partial charge < -0.3 is 19.5 Å². The normalized spacial score (nSPS) is 12.2. The largest absolute Gasteiger partial charge is 0.466 e. The van der Waals surface area contributed by atoms with E-state index >= 15 is 0 Å². The van der Waals surface area contributed by atoms with Crippen LogP contribution in [0, 0.1) is 11.8 Å². The highest BCUT2D eigenvalue weighted by Gasteiger charge is 2.17. The molecule has 0 aliphatic heterocycles. The molecule has 6 nitrogen and oxygen atoms in total. The Bertz CT molecular complexity index is 703. The van der Waals surface area contributed by atoms with E-state index in [0.29, 0.717) is 25.6 Å². The highest BCUT2D eigenvalue weighted by atomic mass is 16.5. The second-order valence-corrected chi connectivity index (χ2v) is 15.4. The summed E-state index contributed by atoms with van der Waals surface area (Å²) in [6.07, 6.45) is 35.5. The SMILES string of the molecule is CCCCCCCCCC(=O)OCCCCCCCN(CCO)CCCCCCC(C)C(=O)OCC(CCCCCCC)CCCCCCC. The lowest BCUT2D eigenvalue weighted by atomic mass is 9.95. The number of ether oxygens (including phenoxy) is 2. The Morgan fingerprint density at radius 2 is 0.960 bits per heavy atom. The van der Waals surface area contributed by atoms with E-state index in [1.54, 1.807) is 0 Å². The predicted octanol–water partition coefficient (Wildman–Crippen LogP) is 12.4. The molecule has 0 saturated heterocycles. The molecule has 6 heteroatoms. The van der Waals surface area contributed by atoms with E-state index in [4.69, 9.17) is 9.47 Å². The Morgan fingerprint density at radius 3 is 1.48 bits per heavy atom. The van der Waals surface area contributed by atoms with Crippen molar-refractivity contribution in [3.8, 4) is 0 Å². The second kappa shape index (κ2) is 39.1. The lowest BCUT2D eigenvalue weighted by Crippen LogP contribution is -2.29. The van der Waals surface area contributed by atoms with Gasteiger partial charge in [-0.15, -0.1) is 0 Å². The molecule has 50 heavy (non-hydrogen) atoms. The van der Waals surface area contributed by atoms with Gasteiger partial charge in [0.1, 0.15) is 0 Å². The molecule has 0 aromatic rings. The van der Waals surface area contributed by atoms with Gasteiger partial charge in [0.05, 0.1) is 25.7 Å². The van der Waals surface area contributed by atoms with Crippen LogP contribution in [-0.2, 0) is 19.1 Å². The van der Waals surface area contributed by atoms with Crippen molar-refractivity contribution in [2.24, 2.45) is 11.8 Å². The third kappa shape index (κ3) is 34.0. The topological polar surface area (TPSA) is 76.1 Å². The molecule has 0 radical (unpaired) electrons. The number of hydrogen-bond donors (Lipinski definition) is 1. The number of esters is 2. The van der Waals surface area contributed by atoms with Crippen LogP contribution in [-0.4, -0.2) is 61.4 Å². The Labute approximate surface area is 312 Å². The molecule has 0 aliphatic rings. The molecule has 0 fully saturated rings. The maximum Gasteiger partial charge on any atom is 0.308 e. The molecule has 0 rings (SSSR count). The molecule has 0 bridgehead atoms. The third-order valence-electron chi connectivity index (χ3n) is 10.4. The quantitative estimate of drug-likeness (QED) is 0.0504. The van der Waals surface area contributed by atoms with Gasteiger partial charge in [-0.05, 0) is 64.0 Å². The van der Waals surface area contributed by atoms with Crippen LogP contribution in [0.3, 0.4) is 0 Å². The van der Waals surface area contributed by atoms with Gasteiger partial charge in [-0.2, -0.15) is 0 Å². The lowest BCUT2D eigenvalue weighted by molar-refractivity contribution is -0.149. The van der Waals surface area contributed by atoms with Crippen molar-refractivity contribution in [2.45, 2.75) is 220 Å². The number of carbonyl (C=O) groups is 2. The lowest BCUT2D eigenvalue weighted by Gasteiger charge is -2.21. The first-order valence-corrected chi connectivity index (χ1v) is 22.1. The first kappa shape index (κ1) is 48.9. The maximum atomic E-state index is 12.8. The molecule has 0 aromatic heterocycles. The van der Waals surface area contributed by atoms with E-state index in [1.807, 2.05) is 6.92 Å². The van der Waals surface area contributed by atoms with E-state index < -0.39 is 0 Å². The van der Waals surface area contributed by atoms with Crippen LogP contribution >= 0.6 is 0 Å². The summed E-state index contributed by atoms with van der Waals surface area (Å²) in [5.41, 5.74) is 0. The predicted molar refractivity (Wildman–Crippen MR) is 214 cm³/mol. The number of aliphatic hydroxyl groups excluding tert-OH is 1. The molecule has 0 aromatic carbocycles. The minimum Gasteiger partial charge on any atom is -0.466 e. The van der Waals surface area contributed by atoms with E-state index in [1.165, 1.54) is 128 Å². The Balaban J connectivity index is 3.97.